The number of rotatable bonds is 4. The van der Waals surface area contributed by atoms with Gasteiger partial charge in [0.15, 0.2) is 0 Å². The van der Waals surface area contributed by atoms with Crippen LogP contribution in [0.25, 0.3) is 0 Å². The van der Waals surface area contributed by atoms with Gasteiger partial charge in [0, 0.05) is 17.0 Å². The molecule has 0 amide bonds. The van der Waals surface area contributed by atoms with E-state index in [0.29, 0.717) is 18.6 Å². The minimum absolute atomic E-state index is 0.293. The van der Waals surface area contributed by atoms with Gasteiger partial charge in [-0.2, -0.15) is 0 Å². The van der Waals surface area contributed by atoms with Gasteiger partial charge in [0.05, 0.1) is 19.3 Å². The third-order valence-electron chi connectivity index (χ3n) is 4.17. The average Bonchev–Trinajstić information content (AvgIpc) is 3.03. The van der Waals surface area contributed by atoms with Crippen LogP contribution in [-0.4, -0.2) is 19.3 Å². The van der Waals surface area contributed by atoms with Crippen LogP contribution in [0.4, 0.5) is 0 Å². The van der Waals surface area contributed by atoms with E-state index in [9.17, 15) is 0 Å². The standard InChI is InChI=1S/C15H20ClNO2/c16-13-6-10-4-5-18-15(10)12(7-13)9-19-14-3-1-2-11(14)8-17/h6-7,11,14H,1-5,8-9,17H2. The molecule has 3 nitrogen and oxygen atoms in total. The zero-order valence-electron chi connectivity index (χ0n) is 11.0. The van der Waals surface area contributed by atoms with Crippen LogP contribution in [0.1, 0.15) is 30.4 Å². The molecule has 104 valence electrons. The Balaban J connectivity index is 1.70. The molecule has 1 saturated carbocycles. The molecule has 19 heavy (non-hydrogen) atoms. The maximum Gasteiger partial charge on any atom is 0.128 e. The summed E-state index contributed by atoms with van der Waals surface area (Å²) in [6.07, 6.45) is 4.76. The molecule has 1 aromatic carbocycles. The number of ether oxygens (including phenoxy) is 2. The van der Waals surface area contributed by atoms with Crippen molar-refractivity contribution in [3.05, 3.63) is 28.3 Å². The van der Waals surface area contributed by atoms with Crippen molar-refractivity contribution in [3.63, 3.8) is 0 Å². The van der Waals surface area contributed by atoms with Crippen LogP contribution in [0.3, 0.4) is 0 Å². The highest BCUT2D eigenvalue weighted by Gasteiger charge is 2.27. The summed E-state index contributed by atoms with van der Waals surface area (Å²) in [5, 5.41) is 0.768. The lowest BCUT2D eigenvalue weighted by Crippen LogP contribution is -2.25. The topological polar surface area (TPSA) is 44.5 Å². The molecular formula is C15H20ClNO2. The first-order chi connectivity index (χ1) is 9.28. The Kier molecular flexibility index (Phi) is 3.96. The molecule has 0 aromatic heterocycles. The molecule has 2 N–H and O–H groups in total. The van der Waals surface area contributed by atoms with Gasteiger partial charge in [-0.3, -0.25) is 0 Å². The van der Waals surface area contributed by atoms with Crippen molar-refractivity contribution in [2.75, 3.05) is 13.2 Å². The Morgan fingerprint density at radius 1 is 1.37 bits per heavy atom. The number of hydrogen-bond acceptors (Lipinski definition) is 3. The largest absolute Gasteiger partial charge is 0.493 e. The van der Waals surface area contributed by atoms with Crippen LogP contribution in [-0.2, 0) is 17.8 Å². The number of nitrogens with two attached hydrogens (primary N) is 1. The van der Waals surface area contributed by atoms with E-state index in [1.54, 1.807) is 0 Å². The molecule has 3 rings (SSSR count). The number of halogens is 1. The maximum absolute atomic E-state index is 6.15. The van der Waals surface area contributed by atoms with Gasteiger partial charge >= 0.3 is 0 Å². The highest BCUT2D eigenvalue weighted by atomic mass is 35.5. The molecule has 1 aromatic rings. The van der Waals surface area contributed by atoms with E-state index < -0.39 is 0 Å². The van der Waals surface area contributed by atoms with Crippen molar-refractivity contribution in [2.45, 2.75) is 38.4 Å². The summed E-state index contributed by atoms with van der Waals surface area (Å²) in [6.45, 7) is 2.04. The second-order valence-electron chi connectivity index (χ2n) is 5.43. The van der Waals surface area contributed by atoms with Crippen LogP contribution in [0.15, 0.2) is 12.1 Å². The first-order valence-electron chi connectivity index (χ1n) is 7.03. The molecule has 2 atom stereocenters. The predicted octanol–water partition coefficient (Wildman–Crippen LogP) is 2.92. The van der Waals surface area contributed by atoms with Crippen molar-refractivity contribution >= 4 is 11.6 Å². The van der Waals surface area contributed by atoms with E-state index in [0.717, 1.165) is 42.3 Å². The molecular weight excluding hydrogens is 262 g/mol. The molecule has 0 radical (unpaired) electrons. The highest BCUT2D eigenvalue weighted by molar-refractivity contribution is 6.30. The Morgan fingerprint density at radius 2 is 2.26 bits per heavy atom. The normalized spacial score (nSPS) is 25.4. The van der Waals surface area contributed by atoms with E-state index in [-0.39, 0.29) is 0 Å². The molecule has 0 saturated heterocycles. The molecule has 1 aliphatic heterocycles. The van der Waals surface area contributed by atoms with Crippen LogP contribution in [0, 0.1) is 5.92 Å². The minimum Gasteiger partial charge on any atom is -0.493 e. The van der Waals surface area contributed by atoms with Crippen LogP contribution in [0.5, 0.6) is 5.75 Å². The van der Waals surface area contributed by atoms with Gasteiger partial charge in [0.2, 0.25) is 0 Å². The Morgan fingerprint density at radius 3 is 3.11 bits per heavy atom. The summed E-state index contributed by atoms with van der Waals surface area (Å²) in [7, 11) is 0. The first kappa shape index (κ1) is 13.2. The molecule has 1 fully saturated rings. The van der Waals surface area contributed by atoms with Gasteiger partial charge in [-0.05, 0) is 43.0 Å². The van der Waals surface area contributed by atoms with Crippen molar-refractivity contribution in [3.8, 4) is 5.75 Å². The second kappa shape index (κ2) is 5.70. The summed E-state index contributed by atoms with van der Waals surface area (Å²) in [5.41, 5.74) is 8.06. The molecule has 0 bridgehead atoms. The molecule has 4 heteroatoms. The number of fused-ring (bicyclic) bond motifs is 1. The number of benzene rings is 1. The average molecular weight is 282 g/mol. The van der Waals surface area contributed by atoms with Gasteiger partial charge < -0.3 is 15.2 Å². The molecule has 0 spiro atoms. The van der Waals surface area contributed by atoms with E-state index in [2.05, 4.69) is 0 Å². The Bertz CT molecular complexity index is 464. The fourth-order valence-corrected chi connectivity index (χ4v) is 3.41. The van der Waals surface area contributed by atoms with Crippen molar-refractivity contribution in [1.29, 1.82) is 0 Å². The SMILES string of the molecule is NCC1CCCC1OCc1cc(Cl)cc2c1OCC2. The molecule has 1 heterocycles. The Labute approximate surface area is 119 Å². The lowest BCUT2D eigenvalue weighted by atomic mass is 10.1. The zero-order chi connectivity index (χ0) is 13.2. The van der Waals surface area contributed by atoms with Gasteiger partial charge in [-0.25, -0.2) is 0 Å². The van der Waals surface area contributed by atoms with Crippen LogP contribution < -0.4 is 10.5 Å². The minimum atomic E-state index is 0.293. The predicted molar refractivity (Wildman–Crippen MR) is 75.6 cm³/mol. The summed E-state index contributed by atoms with van der Waals surface area (Å²) >= 11 is 6.15. The molecule has 1 aliphatic carbocycles. The van der Waals surface area contributed by atoms with Gasteiger partial charge in [-0.1, -0.05) is 18.0 Å². The number of hydrogen-bond donors (Lipinski definition) is 1. The quantitative estimate of drug-likeness (QED) is 0.923. The van der Waals surface area contributed by atoms with Crippen molar-refractivity contribution < 1.29 is 9.47 Å². The summed E-state index contributed by atoms with van der Waals surface area (Å²) < 4.78 is 11.7. The van der Waals surface area contributed by atoms with Crippen molar-refractivity contribution in [2.24, 2.45) is 11.7 Å². The van der Waals surface area contributed by atoms with E-state index in [4.69, 9.17) is 26.8 Å². The fraction of sp³-hybridized carbons (Fsp3) is 0.600. The summed E-state index contributed by atoms with van der Waals surface area (Å²) in [6, 6.07) is 3.95. The molecule has 2 aliphatic rings. The Hall–Kier alpha value is -0.770. The summed E-state index contributed by atoms with van der Waals surface area (Å²) in [4.78, 5) is 0. The fourth-order valence-electron chi connectivity index (χ4n) is 3.14. The zero-order valence-corrected chi connectivity index (χ0v) is 11.8. The van der Waals surface area contributed by atoms with E-state index in [1.807, 2.05) is 12.1 Å². The monoisotopic (exact) mass is 281 g/mol. The van der Waals surface area contributed by atoms with Crippen LogP contribution in [0.2, 0.25) is 5.02 Å². The lowest BCUT2D eigenvalue weighted by molar-refractivity contribution is 0.0174. The third kappa shape index (κ3) is 2.73. The maximum atomic E-state index is 6.15. The van der Waals surface area contributed by atoms with E-state index in [1.165, 1.54) is 18.4 Å². The van der Waals surface area contributed by atoms with Gasteiger partial charge in [0.1, 0.15) is 5.75 Å². The van der Waals surface area contributed by atoms with Gasteiger partial charge in [-0.15, -0.1) is 0 Å². The lowest BCUT2D eigenvalue weighted by Gasteiger charge is -2.19. The smallest absolute Gasteiger partial charge is 0.128 e. The second-order valence-corrected chi connectivity index (χ2v) is 5.86. The van der Waals surface area contributed by atoms with Gasteiger partial charge in [0.25, 0.3) is 0 Å². The van der Waals surface area contributed by atoms with Crippen LogP contribution >= 0.6 is 11.6 Å². The summed E-state index contributed by atoms with van der Waals surface area (Å²) in [5.74, 6) is 1.49. The molecule has 2 unspecified atom stereocenters. The van der Waals surface area contributed by atoms with E-state index >= 15 is 0 Å². The first-order valence-corrected chi connectivity index (χ1v) is 7.41. The highest BCUT2D eigenvalue weighted by Crippen LogP contribution is 2.35. The van der Waals surface area contributed by atoms with Crippen molar-refractivity contribution in [1.82, 2.24) is 0 Å². The third-order valence-corrected chi connectivity index (χ3v) is 4.39.